The number of nitrogens with one attached hydrogen (secondary N) is 2. The van der Waals surface area contributed by atoms with E-state index < -0.39 is 11.7 Å². The highest BCUT2D eigenvalue weighted by molar-refractivity contribution is 5.67. The summed E-state index contributed by atoms with van der Waals surface area (Å²) < 4.78 is 11.1. The number of anilines is 1. The van der Waals surface area contributed by atoms with Gasteiger partial charge in [-0.2, -0.15) is 0 Å². The summed E-state index contributed by atoms with van der Waals surface area (Å²) in [6, 6.07) is 6.05. The van der Waals surface area contributed by atoms with Crippen LogP contribution in [0.5, 0.6) is 5.75 Å². The van der Waals surface area contributed by atoms with Gasteiger partial charge in [0.15, 0.2) is 0 Å². The second-order valence-corrected chi connectivity index (χ2v) is 7.65. The summed E-state index contributed by atoms with van der Waals surface area (Å²) in [5.41, 5.74) is 1.68. The minimum atomic E-state index is -0.503. The molecule has 140 valence electrons. The SMILES string of the molecule is CC(CCO)CNc1ccc2c(c1)CC(CNC(=O)OC(C)(C)C)O2. The molecule has 0 aromatic heterocycles. The van der Waals surface area contributed by atoms with Crippen molar-refractivity contribution >= 4 is 11.8 Å². The number of alkyl carbamates (subject to hydrolysis) is 1. The molecule has 1 aromatic carbocycles. The van der Waals surface area contributed by atoms with E-state index in [0.29, 0.717) is 12.5 Å². The first kappa shape index (κ1) is 19.4. The fourth-order valence-corrected chi connectivity index (χ4v) is 2.67. The van der Waals surface area contributed by atoms with Gasteiger partial charge in [0.25, 0.3) is 0 Å². The number of aliphatic hydroxyl groups excluding tert-OH is 1. The molecule has 25 heavy (non-hydrogen) atoms. The summed E-state index contributed by atoms with van der Waals surface area (Å²) in [5.74, 6) is 1.28. The van der Waals surface area contributed by atoms with Gasteiger partial charge in [0.2, 0.25) is 0 Å². The zero-order valence-corrected chi connectivity index (χ0v) is 15.6. The quantitative estimate of drug-likeness (QED) is 0.704. The van der Waals surface area contributed by atoms with Gasteiger partial charge in [-0.05, 0) is 56.9 Å². The van der Waals surface area contributed by atoms with Crippen LogP contribution in [-0.2, 0) is 11.2 Å². The summed E-state index contributed by atoms with van der Waals surface area (Å²) in [6.45, 7) is 9.08. The molecule has 1 heterocycles. The molecule has 0 aliphatic carbocycles. The molecule has 1 amide bonds. The van der Waals surface area contributed by atoms with Gasteiger partial charge in [-0.3, -0.25) is 0 Å². The molecule has 1 aliphatic heterocycles. The minimum Gasteiger partial charge on any atom is -0.488 e. The number of ether oxygens (including phenoxy) is 2. The summed E-state index contributed by atoms with van der Waals surface area (Å²) >= 11 is 0. The third kappa shape index (κ3) is 6.46. The van der Waals surface area contributed by atoms with Crippen LogP contribution in [0.3, 0.4) is 0 Å². The summed E-state index contributed by atoms with van der Waals surface area (Å²) in [6.07, 6.45) is 1.05. The van der Waals surface area contributed by atoms with E-state index in [1.54, 1.807) is 0 Å². The number of amides is 1. The first-order valence-corrected chi connectivity index (χ1v) is 8.88. The lowest BCUT2D eigenvalue weighted by atomic mass is 10.1. The molecule has 3 N–H and O–H groups in total. The zero-order chi connectivity index (χ0) is 18.4. The van der Waals surface area contributed by atoms with E-state index in [1.807, 2.05) is 32.9 Å². The molecular weight excluding hydrogens is 320 g/mol. The minimum absolute atomic E-state index is 0.0777. The number of fused-ring (bicyclic) bond motifs is 1. The Morgan fingerprint density at radius 1 is 1.44 bits per heavy atom. The van der Waals surface area contributed by atoms with Crippen molar-refractivity contribution < 1.29 is 19.4 Å². The number of aliphatic hydroxyl groups is 1. The molecule has 2 unspecified atom stereocenters. The van der Waals surface area contributed by atoms with E-state index in [9.17, 15) is 4.79 Å². The van der Waals surface area contributed by atoms with E-state index in [-0.39, 0.29) is 12.7 Å². The molecule has 6 nitrogen and oxygen atoms in total. The van der Waals surface area contributed by atoms with Crippen molar-refractivity contribution in [3.05, 3.63) is 23.8 Å². The van der Waals surface area contributed by atoms with E-state index >= 15 is 0 Å². The predicted molar refractivity (Wildman–Crippen MR) is 98.2 cm³/mol. The largest absolute Gasteiger partial charge is 0.488 e. The fourth-order valence-electron chi connectivity index (χ4n) is 2.67. The Morgan fingerprint density at radius 2 is 2.20 bits per heavy atom. The van der Waals surface area contributed by atoms with Gasteiger partial charge in [0.05, 0.1) is 6.54 Å². The van der Waals surface area contributed by atoms with Crippen molar-refractivity contribution in [1.29, 1.82) is 0 Å². The van der Waals surface area contributed by atoms with Gasteiger partial charge in [0.1, 0.15) is 17.5 Å². The van der Waals surface area contributed by atoms with Crippen molar-refractivity contribution in [2.24, 2.45) is 5.92 Å². The lowest BCUT2D eigenvalue weighted by molar-refractivity contribution is 0.0506. The van der Waals surface area contributed by atoms with Crippen LogP contribution in [0.1, 0.15) is 39.7 Å². The highest BCUT2D eigenvalue weighted by Crippen LogP contribution is 2.31. The number of rotatable bonds is 7. The number of carbonyl (C=O) groups is 1. The Kier molecular flexibility index (Phi) is 6.53. The van der Waals surface area contributed by atoms with Gasteiger partial charge in [0, 0.05) is 25.3 Å². The van der Waals surface area contributed by atoms with Gasteiger partial charge < -0.3 is 25.2 Å². The highest BCUT2D eigenvalue weighted by Gasteiger charge is 2.24. The maximum Gasteiger partial charge on any atom is 0.407 e. The van der Waals surface area contributed by atoms with Crippen molar-refractivity contribution in [2.45, 2.75) is 52.2 Å². The number of carbonyl (C=O) groups excluding carboxylic acids is 1. The van der Waals surface area contributed by atoms with Crippen LogP contribution in [0.4, 0.5) is 10.5 Å². The number of hydrogen-bond acceptors (Lipinski definition) is 5. The molecule has 1 aliphatic rings. The maximum absolute atomic E-state index is 11.7. The average molecular weight is 350 g/mol. The first-order valence-electron chi connectivity index (χ1n) is 8.88. The smallest absolute Gasteiger partial charge is 0.407 e. The van der Waals surface area contributed by atoms with Crippen LogP contribution in [0.15, 0.2) is 18.2 Å². The third-order valence-corrected chi connectivity index (χ3v) is 3.95. The van der Waals surface area contributed by atoms with E-state index in [2.05, 4.69) is 23.6 Å². The van der Waals surface area contributed by atoms with E-state index in [4.69, 9.17) is 14.6 Å². The normalized spacial score (nSPS) is 17.4. The Labute approximate surface area is 149 Å². The summed E-state index contributed by atoms with van der Waals surface area (Å²) in [5, 5.41) is 15.1. The lowest BCUT2D eigenvalue weighted by Gasteiger charge is -2.20. The molecule has 1 aromatic rings. The van der Waals surface area contributed by atoms with Crippen LogP contribution in [0.2, 0.25) is 0 Å². The van der Waals surface area contributed by atoms with Crippen LogP contribution in [-0.4, -0.2) is 42.6 Å². The topological polar surface area (TPSA) is 79.8 Å². The highest BCUT2D eigenvalue weighted by atomic mass is 16.6. The van der Waals surface area contributed by atoms with Gasteiger partial charge in [-0.15, -0.1) is 0 Å². The second-order valence-electron chi connectivity index (χ2n) is 7.65. The second kappa shape index (κ2) is 8.43. The molecule has 0 saturated carbocycles. The van der Waals surface area contributed by atoms with Crippen LogP contribution >= 0.6 is 0 Å². The van der Waals surface area contributed by atoms with Gasteiger partial charge in [-0.1, -0.05) is 6.92 Å². The molecule has 2 rings (SSSR count). The number of benzene rings is 1. The Morgan fingerprint density at radius 3 is 2.88 bits per heavy atom. The van der Waals surface area contributed by atoms with E-state index in [0.717, 1.165) is 36.4 Å². The van der Waals surface area contributed by atoms with Crippen molar-refractivity contribution in [3.63, 3.8) is 0 Å². The molecule has 6 heteroatoms. The third-order valence-electron chi connectivity index (χ3n) is 3.95. The van der Waals surface area contributed by atoms with Crippen LogP contribution in [0.25, 0.3) is 0 Å². The fraction of sp³-hybridized carbons (Fsp3) is 0.632. The molecule has 0 fully saturated rings. The Bertz CT molecular complexity index is 583. The zero-order valence-electron chi connectivity index (χ0n) is 15.6. The van der Waals surface area contributed by atoms with Crippen molar-refractivity contribution in [3.8, 4) is 5.75 Å². The average Bonchev–Trinajstić information content (AvgIpc) is 2.91. The maximum atomic E-state index is 11.7. The first-order chi connectivity index (χ1) is 11.8. The molecule has 0 radical (unpaired) electrons. The molecule has 0 spiro atoms. The molecular formula is C19H30N2O4. The summed E-state index contributed by atoms with van der Waals surface area (Å²) in [4.78, 5) is 11.7. The number of hydrogen-bond donors (Lipinski definition) is 3. The summed E-state index contributed by atoms with van der Waals surface area (Å²) in [7, 11) is 0. The van der Waals surface area contributed by atoms with Crippen LogP contribution in [0, 0.1) is 5.92 Å². The molecule has 0 bridgehead atoms. The van der Waals surface area contributed by atoms with Gasteiger partial charge in [-0.25, -0.2) is 4.79 Å². The van der Waals surface area contributed by atoms with Gasteiger partial charge >= 0.3 is 6.09 Å². The monoisotopic (exact) mass is 350 g/mol. The molecule has 2 atom stereocenters. The molecule has 0 saturated heterocycles. The van der Waals surface area contributed by atoms with Crippen molar-refractivity contribution in [2.75, 3.05) is 25.0 Å². The standard InChI is InChI=1S/C19H30N2O4/c1-13(7-8-22)11-20-15-5-6-17-14(9-15)10-16(24-17)12-21-18(23)25-19(2,3)4/h5-6,9,13,16,20,22H,7-8,10-12H2,1-4H3,(H,21,23). The Hall–Kier alpha value is -1.95. The van der Waals surface area contributed by atoms with Crippen LogP contribution < -0.4 is 15.4 Å². The Balaban J connectivity index is 1.81. The van der Waals surface area contributed by atoms with E-state index in [1.165, 1.54) is 0 Å². The lowest BCUT2D eigenvalue weighted by Crippen LogP contribution is -2.38. The van der Waals surface area contributed by atoms with Crippen molar-refractivity contribution in [1.82, 2.24) is 5.32 Å². The predicted octanol–water partition coefficient (Wildman–Crippen LogP) is 2.95.